The second kappa shape index (κ2) is 16.0. The number of nitrogen functional groups attached to an aromatic ring is 1. The molecule has 0 radical (unpaired) electrons. The van der Waals surface area contributed by atoms with Gasteiger partial charge in [-0.2, -0.15) is 0 Å². The molecule has 0 aliphatic rings. The van der Waals surface area contributed by atoms with Crippen LogP contribution in [-0.2, 0) is 27.4 Å². The van der Waals surface area contributed by atoms with Gasteiger partial charge < -0.3 is 30.6 Å². The molecule has 2 unspecified atom stereocenters. The molecule has 0 aliphatic carbocycles. The fourth-order valence-electron chi connectivity index (χ4n) is 4.01. The molecule has 3 rings (SSSR count). The lowest BCUT2D eigenvalue weighted by atomic mass is 10.0. The van der Waals surface area contributed by atoms with Gasteiger partial charge in [0.15, 0.2) is 11.5 Å². The first-order chi connectivity index (χ1) is 19.7. The Morgan fingerprint density at radius 3 is 1.98 bits per heavy atom. The van der Waals surface area contributed by atoms with Crippen LogP contribution in [0, 0.1) is 5.41 Å². The van der Waals surface area contributed by atoms with E-state index in [0.29, 0.717) is 34.7 Å². The highest BCUT2D eigenvalue weighted by Crippen LogP contribution is 2.27. The van der Waals surface area contributed by atoms with Gasteiger partial charge in [-0.15, -0.1) is 12.4 Å². The van der Waals surface area contributed by atoms with Gasteiger partial charge in [0.1, 0.15) is 17.9 Å². The summed E-state index contributed by atoms with van der Waals surface area (Å²) in [6, 6.07) is 17.2. The zero-order valence-electron chi connectivity index (χ0n) is 23.9. The number of halogens is 1. The molecule has 224 valence electrons. The number of nitrogens with one attached hydrogen (secondary N) is 4. The lowest BCUT2D eigenvalue weighted by Crippen LogP contribution is -2.48. The molecule has 0 fully saturated rings. The number of rotatable bonds is 13. The lowest BCUT2D eigenvalue weighted by molar-refractivity contribution is -0.129. The minimum absolute atomic E-state index is 0. The van der Waals surface area contributed by atoms with Crippen molar-refractivity contribution in [1.82, 2.24) is 16.0 Å². The summed E-state index contributed by atoms with van der Waals surface area (Å²) in [6.45, 7) is 2.14. The van der Waals surface area contributed by atoms with E-state index in [1.165, 1.54) is 14.2 Å². The molecule has 0 aromatic heterocycles. The van der Waals surface area contributed by atoms with E-state index in [4.69, 9.17) is 25.4 Å². The van der Waals surface area contributed by atoms with Crippen LogP contribution in [0.25, 0.3) is 0 Å². The summed E-state index contributed by atoms with van der Waals surface area (Å²) < 4.78 is 15.3. The Hall–Kier alpha value is -4.61. The first-order valence-electron chi connectivity index (χ1n) is 12.8. The number of amidine groups is 1. The van der Waals surface area contributed by atoms with E-state index in [0.717, 1.165) is 11.1 Å². The maximum atomic E-state index is 13.4. The van der Waals surface area contributed by atoms with E-state index in [1.54, 1.807) is 62.6 Å². The molecular formula is C30H36ClN5O6. The van der Waals surface area contributed by atoms with Gasteiger partial charge in [-0.05, 0) is 47.9 Å². The van der Waals surface area contributed by atoms with Crippen molar-refractivity contribution in [2.75, 3.05) is 21.3 Å². The SMILES string of the molecule is COC(=O)c1ccc(C(NCc2ccc(C(=N)N)cc2)C(=O)NC(C)C(=O)NCc2ccc(OC)c(OC)c2)cc1.Cl. The molecule has 3 aromatic rings. The van der Waals surface area contributed by atoms with E-state index in [9.17, 15) is 14.4 Å². The van der Waals surface area contributed by atoms with Crippen molar-refractivity contribution in [3.8, 4) is 11.5 Å². The second-order valence-electron chi connectivity index (χ2n) is 9.18. The fourth-order valence-corrected chi connectivity index (χ4v) is 4.01. The van der Waals surface area contributed by atoms with Crippen LogP contribution in [0.2, 0.25) is 0 Å². The molecule has 11 nitrogen and oxygen atoms in total. The van der Waals surface area contributed by atoms with Crippen molar-refractivity contribution in [3.63, 3.8) is 0 Å². The lowest BCUT2D eigenvalue weighted by Gasteiger charge is -2.22. The maximum absolute atomic E-state index is 13.4. The molecule has 0 saturated heterocycles. The molecule has 0 bridgehead atoms. The summed E-state index contributed by atoms with van der Waals surface area (Å²) >= 11 is 0. The Morgan fingerprint density at radius 2 is 1.40 bits per heavy atom. The molecule has 3 aromatic carbocycles. The summed E-state index contributed by atoms with van der Waals surface area (Å²) in [5.41, 5.74) is 8.72. The third kappa shape index (κ3) is 8.95. The topological polar surface area (TPSA) is 165 Å². The number of amides is 2. The summed E-state index contributed by atoms with van der Waals surface area (Å²) in [6.07, 6.45) is 0. The number of methoxy groups -OCH3 is 3. The molecule has 0 heterocycles. The largest absolute Gasteiger partial charge is 0.493 e. The quantitative estimate of drug-likeness (QED) is 0.114. The van der Waals surface area contributed by atoms with Gasteiger partial charge in [0.25, 0.3) is 0 Å². The van der Waals surface area contributed by atoms with Gasteiger partial charge in [-0.25, -0.2) is 4.79 Å². The second-order valence-corrected chi connectivity index (χ2v) is 9.18. The van der Waals surface area contributed by atoms with Gasteiger partial charge in [-0.3, -0.25) is 20.3 Å². The fraction of sp³-hybridized carbons (Fsp3) is 0.267. The van der Waals surface area contributed by atoms with E-state index in [-0.39, 0.29) is 30.7 Å². The first-order valence-corrected chi connectivity index (χ1v) is 12.8. The minimum atomic E-state index is -0.838. The molecule has 0 saturated carbocycles. The maximum Gasteiger partial charge on any atom is 0.337 e. The van der Waals surface area contributed by atoms with Crippen molar-refractivity contribution in [2.24, 2.45) is 5.73 Å². The Morgan fingerprint density at radius 1 is 0.810 bits per heavy atom. The smallest absolute Gasteiger partial charge is 0.337 e. The van der Waals surface area contributed by atoms with Crippen molar-refractivity contribution in [2.45, 2.75) is 32.1 Å². The summed E-state index contributed by atoms with van der Waals surface area (Å²) in [7, 11) is 4.37. The average molecular weight is 598 g/mol. The predicted octanol–water partition coefficient (Wildman–Crippen LogP) is 2.85. The number of esters is 1. The number of nitrogens with two attached hydrogens (primary N) is 1. The van der Waals surface area contributed by atoms with Crippen molar-refractivity contribution in [3.05, 3.63) is 94.5 Å². The van der Waals surface area contributed by atoms with Crippen LogP contribution >= 0.6 is 12.4 Å². The summed E-state index contributed by atoms with van der Waals surface area (Å²) in [5.74, 6) is -0.195. The third-order valence-electron chi connectivity index (χ3n) is 6.37. The molecule has 6 N–H and O–H groups in total. The molecule has 12 heteroatoms. The van der Waals surface area contributed by atoms with Crippen molar-refractivity contribution in [1.29, 1.82) is 5.41 Å². The highest BCUT2D eigenvalue weighted by atomic mass is 35.5. The molecule has 2 amide bonds. The molecular weight excluding hydrogens is 562 g/mol. The van der Waals surface area contributed by atoms with Gasteiger partial charge in [0, 0.05) is 18.7 Å². The number of carbonyl (C=O) groups is 3. The van der Waals surface area contributed by atoms with E-state index in [2.05, 4.69) is 16.0 Å². The van der Waals surface area contributed by atoms with Crippen molar-refractivity contribution < 1.29 is 28.6 Å². The van der Waals surface area contributed by atoms with Crippen LogP contribution < -0.4 is 31.2 Å². The van der Waals surface area contributed by atoms with Crippen LogP contribution in [0.15, 0.2) is 66.7 Å². The van der Waals surface area contributed by atoms with E-state index in [1.807, 2.05) is 18.2 Å². The Kier molecular flexibility index (Phi) is 12.8. The Balaban J connectivity index is 0.00000616. The number of ether oxygens (including phenoxy) is 3. The number of benzene rings is 3. The summed E-state index contributed by atoms with van der Waals surface area (Å²) in [5, 5.41) is 16.4. The normalized spacial score (nSPS) is 11.7. The van der Waals surface area contributed by atoms with Crippen molar-refractivity contribution >= 4 is 36.0 Å². The highest BCUT2D eigenvalue weighted by molar-refractivity contribution is 5.95. The van der Waals surface area contributed by atoms with E-state index < -0.39 is 24.0 Å². The van der Waals surface area contributed by atoms with Crippen LogP contribution in [0.1, 0.15) is 45.6 Å². The monoisotopic (exact) mass is 597 g/mol. The van der Waals surface area contributed by atoms with Gasteiger partial charge in [0.2, 0.25) is 11.8 Å². The van der Waals surface area contributed by atoms with Crippen LogP contribution in [-0.4, -0.2) is 51.0 Å². The number of hydrogen-bond donors (Lipinski definition) is 5. The molecule has 0 spiro atoms. The molecule has 42 heavy (non-hydrogen) atoms. The van der Waals surface area contributed by atoms with Crippen LogP contribution in [0.5, 0.6) is 11.5 Å². The summed E-state index contributed by atoms with van der Waals surface area (Å²) in [4.78, 5) is 38.1. The molecule has 2 atom stereocenters. The van der Waals surface area contributed by atoms with Gasteiger partial charge in [-0.1, -0.05) is 42.5 Å². The first kappa shape index (κ1) is 33.6. The zero-order chi connectivity index (χ0) is 29.9. The number of carbonyl (C=O) groups excluding carboxylic acids is 3. The minimum Gasteiger partial charge on any atom is -0.493 e. The highest BCUT2D eigenvalue weighted by Gasteiger charge is 2.24. The standard InChI is InChI=1S/C30H35N5O6.ClH/c1-18(28(36)34-17-20-7-14-24(39-2)25(15-20)40-3)35-29(37)26(21-10-12-23(13-11-21)30(38)41-4)33-16-19-5-8-22(9-6-19)27(31)32;/h5-15,18,26,33H,16-17H2,1-4H3,(H3,31,32)(H,34,36)(H,35,37);1H. The van der Waals surface area contributed by atoms with Crippen LogP contribution in [0.4, 0.5) is 0 Å². The molecule has 0 aliphatic heterocycles. The Bertz CT molecular complexity index is 1380. The predicted molar refractivity (Wildman–Crippen MR) is 161 cm³/mol. The van der Waals surface area contributed by atoms with Crippen LogP contribution in [0.3, 0.4) is 0 Å². The van der Waals surface area contributed by atoms with Gasteiger partial charge >= 0.3 is 5.97 Å². The Labute approximate surface area is 251 Å². The van der Waals surface area contributed by atoms with E-state index >= 15 is 0 Å². The number of hydrogen-bond acceptors (Lipinski definition) is 8. The third-order valence-corrected chi connectivity index (χ3v) is 6.37. The zero-order valence-corrected chi connectivity index (χ0v) is 24.7. The van der Waals surface area contributed by atoms with Gasteiger partial charge in [0.05, 0.1) is 26.9 Å². The average Bonchev–Trinajstić information content (AvgIpc) is 2.99.